The molecule has 18 heavy (non-hydrogen) atoms. The summed E-state index contributed by atoms with van der Waals surface area (Å²) in [6.07, 6.45) is 1.96. The van der Waals surface area contributed by atoms with Gasteiger partial charge in [-0.25, -0.2) is 8.42 Å². The summed E-state index contributed by atoms with van der Waals surface area (Å²) < 4.78 is 26.5. The van der Waals surface area contributed by atoms with Crippen molar-refractivity contribution in [3.8, 4) is 0 Å². The number of nitrogens with two attached hydrogens (primary N) is 1. The van der Waals surface area contributed by atoms with E-state index in [2.05, 4.69) is 6.92 Å². The molecule has 1 atom stereocenters. The van der Waals surface area contributed by atoms with Crippen LogP contribution in [0.2, 0.25) is 5.02 Å². The molecule has 1 aliphatic heterocycles. The Hall–Kier alpha value is -0.780. The number of halogens is 1. The van der Waals surface area contributed by atoms with E-state index in [1.807, 2.05) is 0 Å². The topological polar surface area (TPSA) is 63.4 Å². The van der Waals surface area contributed by atoms with Gasteiger partial charge in [-0.3, -0.25) is 0 Å². The maximum atomic E-state index is 12.5. The molecular weight excluding hydrogens is 272 g/mol. The molecule has 2 N–H and O–H groups in total. The van der Waals surface area contributed by atoms with Crippen molar-refractivity contribution in [3.63, 3.8) is 0 Å². The summed E-state index contributed by atoms with van der Waals surface area (Å²) in [5, 5.41) is 0.382. The summed E-state index contributed by atoms with van der Waals surface area (Å²) in [4.78, 5) is 0.115. The second-order valence-corrected chi connectivity index (χ2v) is 7.14. The molecule has 0 aliphatic carbocycles. The fourth-order valence-electron chi connectivity index (χ4n) is 2.24. The van der Waals surface area contributed by atoms with Gasteiger partial charge in [0.2, 0.25) is 10.0 Å². The van der Waals surface area contributed by atoms with Gasteiger partial charge in [0.1, 0.15) is 4.90 Å². The first kappa shape index (κ1) is 13.6. The van der Waals surface area contributed by atoms with E-state index in [1.165, 1.54) is 16.4 Å². The second kappa shape index (κ2) is 5.07. The zero-order chi connectivity index (χ0) is 13.3. The highest BCUT2D eigenvalue weighted by molar-refractivity contribution is 7.89. The standard InChI is InChI=1S/C12H17ClN2O2S/c1-9-3-2-6-15(8-9)18(16,17)12-7-10(13)4-5-11(12)14/h4-5,7,9H,2-3,6,8,14H2,1H3. The fourth-order valence-corrected chi connectivity index (χ4v) is 4.21. The molecule has 4 nitrogen and oxygen atoms in total. The van der Waals surface area contributed by atoms with Gasteiger partial charge < -0.3 is 5.73 Å². The van der Waals surface area contributed by atoms with Crippen LogP contribution < -0.4 is 5.73 Å². The summed E-state index contributed by atoms with van der Waals surface area (Å²) >= 11 is 5.85. The molecule has 0 aromatic heterocycles. The number of hydrogen-bond donors (Lipinski definition) is 1. The predicted molar refractivity (Wildman–Crippen MR) is 73.0 cm³/mol. The largest absolute Gasteiger partial charge is 0.398 e. The van der Waals surface area contributed by atoms with Crippen molar-refractivity contribution in [1.82, 2.24) is 4.31 Å². The number of nitrogens with zero attached hydrogens (tertiary/aromatic N) is 1. The van der Waals surface area contributed by atoms with Crippen LogP contribution in [0, 0.1) is 5.92 Å². The first-order valence-electron chi connectivity index (χ1n) is 5.96. The minimum Gasteiger partial charge on any atom is -0.398 e. The number of piperidine rings is 1. The molecule has 0 bridgehead atoms. The first-order chi connectivity index (χ1) is 8.41. The van der Waals surface area contributed by atoms with Crippen molar-refractivity contribution in [2.45, 2.75) is 24.7 Å². The quantitative estimate of drug-likeness (QED) is 0.850. The Morgan fingerprint density at radius 2 is 2.17 bits per heavy atom. The van der Waals surface area contributed by atoms with Crippen LogP contribution in [-0.2, 0) is 10.0 Å². The predicted octanol–water partition coefficient (Wildman–Crippen LogP) is 2.34. The molecule has 1 heterocycles. The summed E-state index contributed by atoms with van der Waals surface area (Å²) in [6.45, 7) is 3.16. The molecule has 1 aromatic carbocycles. The highest BCUT2D eigenvalue weighted by atomic mass is 35.5. The van der Waals surface area contributed by atoms with Crippen molar-refractivity contribution in [3.05, 3.63) is 23.2 Å². The molecule has 1 fully saturated rings. The van der Waals surface area contributed by atoms with Crippen LogP contribution >= 0.6 is 11.6 Å². The first-order valence-corrected chi connectivity index (χ1v) is 7.78. The molecule has 0 radical (unpaired) electrons. The number of benzene rings is 1. The molecule has 6 heteroatoms. The molecular formula is C12H17ClN2O2S. The van der Waals surface area contributed by atoms with Gasteiger partial charge in [0, 0.05) is 18.1 Å². The summed E-state index contributed by atoms with van der Waals surface area (Å²) in [5.74, 6) is 0.383. The Morgan fingerprint density at radius 3 is 2.83 bits per heavy atom. The lowest BCUT2D eigenvalue weighted by Crippen LogP contribution is -2.39. The molecule has 0 saturated carbocycles. The molecule has 1 saturated heterocycles. The molecule has 100 valence electrons. The number of anilines is 1. The summed E-state index contributed by atoms with van der Waals surface area (Å²) in [7, 11) is -3.52. The molecule has 2 rings (SSSR count). The Kier molecular flexibility index (Phi) is 3.84. The minimum atomic E-state index is -3.52. The van der Waals surface area contributed by atoms with E-state index in [4.69, 9.17) is 17.3 Å². The lowest BCUT2D eigenvalue weighted by atomic mass is 10.0. The fraction of sp³-hybridized carbons (Fsp3) is 0.500. The molecule has 1 aromatic rings. The van der Waals surface area contributed by atoms with E-state index in [-0.39, 0.29) is 10.6 Å². The van der Waals surface area contributed by atoms with E-state index >= 15 is 0 Å². The van der Waals surface area contributed by atoms with Gasteiger partial charge in [-0.2, -0.15) is 4.31 Å². The second-order valence-electron chi connectivity index (χ2n) is 4.79. The van der Waals surface area contributed by atoms with E-state index < -0.39 is 10.0 Å². The van der Waals surface area contributed by atoms with Crippen LogP contribution in [0.4, 0.5) is 5.69 Å². The van der Waals surface area contributed by atoms with Crippen LogP contribution in [-0.4, -0.2) is 25.8 Å². The lowest BCUT2D eigenvalue weighted by molar-refractivity contribution is 0.281. The third-order valence-electron chi connectivity index (χ3n) is 3.21. The minimum absolute atomic E-state index is 0.115. The van der Waals surface area contributed by atoms with Crippen molar-refractivity contribution in [2.75, 3.05) is 18.8 Å². The zero-order valence-corrected chi connectivity index (χ0v) is 11.8. The van der Waals surface area contributed by atoms with E-state index in [9.17, 15) is 8.42 Å². The van der Waals surface area contributed by atoms with E-state index in [0.29, 0.717) is 24.0 Å². The monoisotopic (exact) mass is 288 g/mol. The third kappa shape index (κ3) is 2.63. The van der Waals surface area contributed by atoms with Gasteiger partial charge in [0.05, 0.1) is 5.69 Å². The maximum absolute atomic E-state index is 12.5. The maximum Gasteiger partial charge on any atom is 0.245 e. The third-order valence-corrected chi connectivity index (χ3v) is 5.37. The smallest absolute Gasteiger partial charge is 0.245 e. The number of hydrogen-bond acceptors (Lipinski definition) is 3. The number of sulfonamides is 1. The van der Waals surface area contributed by atoms with Crippen molar-refractivity contribution >= 4 is 27.3 Å². The normalized spacial score (nSPS) is 22.0. The zero-order valence-electron chi connectivity index (χ0n) is 10.3. The number of nitrogen functional groups attached to an aromatic ring is 1. The van der Waals surface area contributed by atoms with Crippen LogP contribution in [0.3, 0.4) is 0 Å². The Morgan fingerprint density at radius 1 is 1.44 bits per heavy atom. The lowest BCUT2D eigenvalue weighted by Gasteiger charge is -2.30. The Bertz CT molecular complexity index is 545. The van der Waals surface area contributed by atoms with Crippen molar-refractivity contribution in [1.29, 1.82) is 0 Å². The number of rotatable bonds is 2. The van der Waals surface area contributed by atoms with Crippen LogP contribution in [0.5, 0.6) is 0 Å². The van der Waals surface area contributed by atoms with Gasteiger partial charge in [-0.05, 0) is 37.0 Å². The van der Waals surface area contributed by atoms with Crippen molar-refractivity contribution < 1.29 is 8.42 Å². The van der Waals surface area contributed by atoms with Crippen LogP contribution in [0.25, 0.3) is 0 Å². The SMILES string of the molecule is CC1CCCN(S(=O)(=O)c2cc(Cl)ccc2N)C1. The van der Waals surface area contributed by atoms with Crippen LogP contribution in [0.15, 0.2) is 23.1 Å². The van der Waals surface area contributed by atoms with Gasteiger partial charge in [0.25, 0.3) is 0 Å². The highest BCUT2D eigenvalue weighted by Gasteiger charge is 2.30. The summed E-state index contributed by atoms with van der Waals surface area (Å²) in [5.41, 5.74) is 6.00. The van der Waals surface area contributed by atoms with Crippen molar-refractivity contribution in [2.24, 2.45) is 5.92 Å². The van der Waals surface area contributed by atoms with E-state index in [0.717, 1.165) is 12.8 Å². The van der Waals surface area contributed by atoms with Crippen LogP contribution in [0.1, 0.15) is 19.8 Å². The summed E-state index contributed by atoms with van der Waals surface area (Å²) in [6, 6.07) is 4.54. The Balaban J connectivity index is 2.38. The molecule has 0 amide bonds. The Labute approximate surface area is 113 Å². The average molecular weight is 289 g/mol. The highest BCUT2D eigenvalue weighted by Crippen LogP contribution is 2.28. The molecule has 1 aliphatic rings. The molecule has 0 spiro atoms. The van der Waals surface area contributed by atoms with Gasteiger partial charge >= 0.3 is 0 Å². The van der Waals surface area contributed by atoms with Gasteiger partial charge in [-0.15, -0.1) is 0 Å². The molecule has 1 unspecified atom stereocenters. The van der Waals surface area contributed by atoms with Gasteiger partial charge in [-0.1, -0.05) is 18.5 Å². The average Bonchev–Trinajstić information content (AvgIpc) is 2.32. The van der Waals surface area contributed by atoms with E-state index in [1.54, 1.807) is 6.07 Å². The van der Waals surface area contributed by atoms with Gasteiger partial charge in [0.15, 0.2) is 0 Å².